The van der Waals surface area contributed by atoms with Crippen LogP contribution in [-0.4, -0.2) is 21.2 Å². The van der Waals surface area contributed by atoms with E-state index >= 15 is 0 Å². The Hall–Kier alpha value is -2.60. The first-order chi connectivity index (χ1) is 12.1. The number of carbonyl (C=O) groups excluding carboxylic acids is 1. The van der Waals surface area contributed by atoms with Crippen LogP contribution in [0.2, 0.25) is 0 Å². The van der Waals surface area contributed by atoms with Crippen LogP contribution in [0.15, 0.2) is 64.2 Å². The summed E-state index contributed by atoms with van der Waals surface area (Å²) < 4.78 is 11.2. The summed E-state index contributed by atoms with van der Waals surface area (Å²) in [7, 11) is 0. The van der Waals surface area contributed by atoms with E-state index < -0.39 is 0 Å². The van der Waals surface area contributed by atoms with E-state index in [-0.39, 0.29) is 17.6 Å². The van der Waals surface area contributed by atoms with Crippen molar-refractivity contribution in [3.05, 3.63) is 71.6 Å². The molecule has 0 saturated heterocycles. The molecule has 0 saturated carbocycles. The molecule has 0 fully saturated rings. The molecule has 6 heteroatoms. The number of hydrogen-bond donors (Lipinski definition) is 0. The highest BCUT2D eigenvalue weighted by atomic mass is 32.2. The molecule has 2 aromatic carbocycles. The maximum atomic E-state index is 12.4. The third-order valence-corrected chi connectivity index (χ3v) is 4.47. The summed E-state index contributed by atoms with van der Waals surface area (Å²) in [5.74, 6) is 1.15. The number of nitrogens with zero attached hydrogens (tertiary/aromatic N) is 2. The van der Waals surface area contributed by atoms with E-state index in [1.807, 2.05) is 56.3 Å². The van der Waals surface area contributed by atoms with Gasteiger partial charge < -0.3 is 9.15 Å². The summed E-state index contributed by atoms with van der Waals surface area (Å²) in [6.45, 7) is 4.04. The van der Waals surface area contributed by atoms with Crippen molar-refractivity contribution in [1.82, 2.24) is 10.2 Å². The Kier molecular flexibility index (Phi) is 5.50. The second kappa shape index (κ2) is 7.98. The molecule has 0 amide bonds. The van der Waals surface area contributed by atoms with Gasteiger partial charge in [-0.15, -0.1) is 10.2 Å². The standard InChI is InChI=1S/C19H18N2O3S/c1-13-8-10-16(11-9-13)23-12-17-20-21-19(24-17)25-14(2)18(22)15-6-4-3-5-7-15/h3-11,14H,12H2,1-2H3. The Labute approximate surface area is 150 Å². The van der Waals surface area contributed by atoms with Gasteiger partial charge in [0.1, 0.15) is 5.75 Å². The largest absolute Gasteiger partial charge is 0.484 e. The molecule has 1 heterocycles. The topological polar surface area (TPSA) is 65.2 Å². The molecule has 1 atom stereocenters. The lowest BCUT2D eigenvalue weighted by atomic mass is 10.1. The molecule has 0 aliphatic carbocycles. The lowest BCUT2D eigenvalue weighted by Crippen LogP contribution is -2.13. The van der Waals surface area contributed by atoms with Gasteiger partial charge in [0, 0.05) is 5.56 Å². The molecular weight excluding hydrogens is 336 g/mol. The van der Waals surface area contributed by atoms with Gasteiger partial charge in [0.15, 0.2) is 12.4 Å². The third-order valence-electron chi connectivity index (χ3n) is 3.54. The average Bonchev–Trinajstić information content (AvgIpc) is 3.08. The number of carbonyl (C=O) groups is 1. The fraction of sp³-hybridized carbons (Fsp3) is 0.211. The quantitative estimate of drug-likeness (QED) is 0.465. The minimum atomic E-state index is -0.311. The SMILES string of the molecule is Cc1ccc(OCc2nnc(SC(C)C(=O)c3ccccc3)o2)cc1. The smallest absolute Gasteiger partial charge is 0.277 e. The third kappa shape index (κ3) is 4.70. The Bertz CT molecular complexity index is 831. The Balaban J connectivity index is 1.56. The van der Waals surface area contributed by atoms with Gasteiger partial charge in [-0.2, -0.15) is 0 Å². The molecule has 1 unspecified atom stereocenters. The highest BCUT2D eigenvalue weighted by Gasteiger charge is 2.19. The van der Waals surface area contributed by atoms with Crippen LogP contribution in [0, 0.1) is 6.92 Å². The fourth-order valence-electron chi connectivity index (χ4n) is 2.17. The molecule has 1 aromatic heterocycles. The number of rotatable bonds is 7. The number of Topliss-reactive ketones (excluding diaryl/α,β-unsaturated/α-hetero) is 1. The average molecular weight is 354 g/mol. The Morgan fingerprint density at radius 1 is 1.12 bits per heavy atom. The number of benzene rings is 2. The van der Waals surface area contributed by atoms with Crippen LogP contribution in [0.4, 0.5) is 0 Å². The summed E-state index contributed by atoms with van der Waals surface area (Å²) in [6, 6.07) is 16.9. The van der Waals surface area contributed by atoms with Crippen LogP contribution in [0.5, 0.6) is 5.75 Å². The molecule has 0 N–H and O–H groups in total. The van der Waals surface area contributed by atoms with E-state index in [4.69, 9.17) is 9.15 Å². The van der Waals surface area contributed by atoms with E-state index in [1.165, 1.54) is 17.3 Å². The van der Waals surface area contributed by atoms with Crippen molar-refractivity contribution in [3.8, 4) is 5.75 Å². The lowest BCUT2D eigenvalue weighted by molar-refractivity contribution is 0.0993. The van der Waals surface area contributed by atoms with Gasteiger partial charge in [0.05, 0.1) is 5.25 Å². The Morgan fingerprint density at radius 3 is 2.56 bits per heavy atom. The van der Waals surface area contributed by atoms with Crippen LogP contribution in [0.3, 0.4) is 0 Å². The summed E-state index contributed by atoms with van der Waals surface area (Å²) >= 11 is 1.25. The van der Waals surface area contributed by atoms with E-state index in [0.717, 1.165) is 5.75 Å². The molecule has 0 spiro atoms. The number of aryl methyl sites for hydroxylation is 1. The van der Waals surface area contributed by atoms with Crippen LogP contribution >= 0.6 is 11.8 Å². The number of ketones is 1. The van der Waals surface area contributed by atoms with Crippen LogP contribution < -0.4 is 4.74 Å². The molecule has 3 aromatic rings. The molecule has 128 valence electrons. The van der Waals surface area contributed by atoms with Gasteiger partial charge >= 0.3 is 0 Å². The van der Waals surface area contributed by atoms with Crippen molar-refractivity contribution in [3.63, 3.8) is 0 Å². The van der Waals surface area contributed by atoms with E-state index in [2.05, 4.69) is 10.2 Å². The van der Waals surface area contributed by atoms with E-state index in [0.29, 0.717) is 16.7 Å². The zero-order valence-electron chi connectivity index (χ0n) is 14.0. The highest BCUT2D eigenvalue weighted by Crippen LogP contribution is 2.25. The molecule has 0 aliphatic heterocycles. The van der Waals surface area contributed by atoms with Gasteiger partial charge in [-0.3, -0.25) is 4.79 Å². The van der Waals surface area contributed by atoms with Gasteiger partial charge in [-0.05, 0) is 26.0 Å². The fourth-order valence-corrected chi connectivity index (χ4v) is 2.94. The van der Waals surface area contributed by atoms with Gasteiger partial charge in [0.25, 0.3) is 11.1 Å². The van der Waals surface area contributed by atoms with Crippen LogP contribution in [0.25, 0.3) is 0 Å². The summed E-state index contributed by atoms with van der Waals surface area (Å²) in [5.41, 5.74) is 1.84. The monoisotopic (exact) mass is 354 g/mol. The first-order valence-electron chi connectivity index (χ1n) is 7.89. The van der Waals surface area contributed by atoms with Crippen LogP contribution in [-0.2, 0) is 6.61 Å². The molecule has 5 nitrogen and oxygen atoms in total. The van der Waals surface area contributed by atoms with Crippen molar-refractivity contribution in [1.29, 1.82) is 0 Å². The normalized spacial score (nSPS) is 11.9. The van der Waals surface area contributed by atoms with Gasteiger partial charge in [-0.1, -0.05) is 59.8 Å². The first kappa shape index (κ1) is 17.2. The second-order valence-corrected chi connectivity index (χ2v) is 6.85. The number of ether oxygens (including phenoxy) is 1. The van der Waals surface area contributed by atoms with Crippen molar-refractivity contribution < 1.29 is 13.9 Å². The predicted molar refractivity (Wildman–Crippen MR) is 95.9 cm³/mol. The highest BCUT2D eigenvalue weighted by molar-refractivity contribution is 8.00. The molecule has 0 bridgehead atoms. The van der Waals surface area contributed by atoms with Crippen molar-refractivity contribution in [2.75, 3.05) is 0 Å². The molecular formula is C19H18N2O3S. The van der Waals surface area contributed by atoms with Crippen molar-refractivity contribution in [2.24, 2.45) is 0 Å². The zero-order valence-corrected chi connectivity index (χ0v) is 14.8. The molecule has 25 heavy (non-hydrogen) atoms. The first-order valence-corrected chi connectivity index (χ1v) is 8.77. The maximum absolute atomic E-state index is 12.4. The minimum Gasteiger partial charge on any atom is -0.484 e. The van der Waals surface area contributed by atoms with Crippen molar-refractivity contribution >= 4 is 17.5 Å². The maximum Gasteiger partial charge on any atom is 0.277 e. The Morgan fingerprint density at radius 2 is 1.84 bits per heavy atom. The minimum absolute atomic E-state index is 0.0289. The number of hydrogen-bond acceptors (Lipinski definition) is 6. The lowest BCUT2D eigenvalue weighted by Gasteiger charge is -2.07. The number of aromatic nitrogens is 2. The summed E-state index contributed by atoms with van der Waals surface area (Å²) in [4.78, 5) is 12.4. The van der Waals surface area contributed by atoms with Gasteiger partial charge in [-0.25, -0.2) is 0 Å². The molecule has 0 aliphatic rings. The zero-order chi connectivity index (χ0) is 17.6. The summed E-state index contributed by atoms with van der Waals surface area (Å²) in [5, 5.41) is 7.98. The predicted octanol–water partition coefficient (Wildman–Crippen LogP) is 4.32. The van der Waals surface area contributed by atoms with E-state index in [1.54, 1.807) is 12.1 Å². The summed E-state index contributed by atoms with van der Waals surface area (Å²) in [6.07, 6.45) is 0. The van der Waals surface area contributed by atoms with Crippen molar-refractivity contribution in [2.45, 2.75) is 30.9 Å². The molecule has 0 radical (unpaired) electrons. The number of thioether (sulfide) groups is 1. The van der Waals surface area contributed by atoms with Crippen LogP contribution in [0.1, 0.15) is 28.7 Å². The molecule has 3 rings (SSSR count). The second-order valence-electron chi connectivity index (χ2n) is 5.55. The van der Waals surface area contributed by atoms with Gasteiger partial charge in [0.2, 0.25) is 0 Å². The van der Waals surface area contributed by atoms with E-state index in [9.17, 15) is 4.79 Å².